The van der Waals surface area contributed by atoms with Crippen molar-refractivity contribution in [2.24, 2.45) is 0 Å². The Bertz CT molecular complexity index is 1060. The highest BCUT2D eigenvalue weighted by Gasteiger charge is 2.07. The molecule has 0 amide bonds. The van der Waals surface area contributed by atoms with E-state index in [0.717, 1.165) is 17.0 Å². The summed E-state index contributed by atoms with van der Waals surface area (Å²) in [4.78, 5) is 13.0. The molecule has 0 aliphatic rings. The zero-order valence-corrected chi connectivity index (χ0v) is 14.4. The van der Waals surface area contributed by atoms with Crippen LogP contribution < -0.4 is 4.74 Å². The Kier molecular flexibility index (Phi) is 4.58. The summed E-state index contributed by atoms with van der Waals surface area (Å²) in [6, 6.07) is 18.8. The lowest BCUT2D eigenvalue weighted by Crippen LogP contribution is -2.02. The minimum absolute atomic E-state index is 0.536. The minimum Gasteiger partial charge on any atom is -0.439 e. The largest absolute Gasteiger partial charge is 0.439 e. The molecule has 6 nitrogen and oxygen atoms in total. The fourth-order valence-electron chi connectivity index (χ4n) is 2.61. The maximum atomic E-state index is 8.87. The van der Waals surface area contributed by atoms with Crippen LogP contribution in [-0.4, -0.2) is 19.5 Å². The van der Waals surface area contributed by atoms with Crippen LogP contribution in [-0.2, 0) is 6.54 Å². The second-order valence-electron chi connectivity index (χ2n) is 5.85. The lowest BCUT2D eigenvalue weighted by molar-refractivity contribution is 0.435. The van der Waals surface area contributed by atoms with E-state index in [2.05, 4.69) is 21.0 Å². The van der Waals surface area contributed by atoms with E-state index in [4.69, 9.17) is 10.00 Å². The molecule has 0 fully saturated rings. The number of imidazole rings is 1. The molecular weight excluding hydrogens is 338 g/mol. The smallest absolute Gasteiger partial charge is 0.220 e. The van der Waals surface area contributed by atoms with E-state index in [1.807, 2.05) is 41.1 Å². The van der Waals surface area contributed by atoms with Crippen LogP contribution >= 0.6 is 0 Å². The van der Waals surface area contributed by atoms with Gasteiger partial charge in [-0.1, -0.05) is 6.07 Å². The molecule has 3 aromatic heterocycles. The second kappa shape index (κ2) is 7.50. The summed E-state index contributed by atoms with van der Waals surface area (Å²) in [5.41, 5.74) is 3.34. The highest BCUT2D eigenvalue weighted by atomic mass is 16.5. The molecule has 0 unspecified atom stereocenters. The van der Waals surface area contributed by atoms with Gasteiger partial charge in [-0.05, 0) is 48.5 Å². The molecule has 4 aromatic rings. The highest BCUT2D eigenvalue weighted by molar-refractivity contribution is 5.57. The molecule has 0 saturated carbocycles. The van der Waals surface area contributed by atoms with Crippen LogP contribution in [0.1, 0.15) is 11.3 Å². The van der Waals surface area contributed by atoms with Crippen LogP contribution in [0.2, 0.25) is 0 Å². The molecule has 130 valence electrons. The number of benzene rings is 1. The third kappa shape index (κ3) is 3.83. The normalized spacial score (nSPS) is 10.3. The van der Waals surface area contributed by atoms with E-state index in [9.17, 15) is 0 Å². The molecular formula is C21H15N5O. The van der Waals surface area contributed by atoms with Crippen molar-refractivity contribution in [3.05, 3.63) is 90.8 Å². The van der Waals surface area contributed by atoms with E-state index >= 15 is 0 Å². The summed E-state index contributed by atoms with van der Waals surface area (Å²) in [5.74, 6) is 1.25. The number of nitrogens with zero attached hydrogens (tertiary/aromatic N) is 5. The Labute approximate surface area is 156 Å². The highest BCUT2D eigenvalue weighted by Crippen LogP contribution is 2.22. The number of nitriles is 1. The van der Waals surface area contributed by atoms with Crippen molar-refractivity contribution in [1.29, 1.82) is 5.26 Å². The fourth-order valence-corrected chi connectivity index (χ4v) is 2.61. The van der Waals surface area contributed by atoms with Crippen molar-refractivity contribution < 1.29 is 4.74 Å². The average molecular weight is 353 g/mol. The first-order valence-electron chi connectivity index (χ1n) is 8.36. The van der Waals surface area contributed by atoms with Gasteiger partial charge in [-0.25, -0.2) is 4.98 Å². The quantitative estimate of drug-likeness (QED) is 0.541. The molecule has 0 aliphatic heterocycles. The van der Waals surface area contributed by atoms with Gasteiger partial charge in [-0.3, -0.25) is 14.5 Å². The minimum atomic E-state index is 0.536. The lowest BCUT2D eigenvalue weighted by atomic mass is 10.2. The Hall–Kier alpha value is -3.98. The van der Waals surface area contributed by atoms with Gasteiger partial charge in [0.05, 0.1) is 42.1 Å². The van der Waals surface area contributed by atoms with Crippen molar-refractivity contribution in [2.45, 2.75) is 6.54 Å². The molecule has 0 N–H and O–H groups in total. The monoisotopic (exact) mass is 353 g/mol. The Balaban J connectivity index is 1.49. The topological polar surface area (TPSA) is 76.6 Å². The fraction of sp³-hybridized carbons (Fsp3) is 0.0476. The molecule has 0 atom stereocenters. The van der Waals surface area contributed by atoms with Crippen LogP contribution in [0, 0.1) is 11.3 Å². The second-order valence-corrected chi connectivity index (χ2v) is 5.85. The average Bonchev–Trinajstić information content (AvgIpc) is 3.16. The molecule has 1 aromatic carbocycles. The van der Waals surface area contributed by atoms with Crippen molar-refractivity contribution in [2.75, 3.05) is 0 Å². The molecule has 3 heterocycles. The van der Waals surface area contributed by atoms with Crippen LogP contribution in [0.3, 0.4) is 0 Å². The molecule has 0 bridgehead atoms. The first-order valence-corrected chi connectivity index (χ1v) is 8.36. The summed E-state index contributed by atoms with van der Waals surface area (Å²) < 4.78 is 7.74. The van der Waals surface area contributed by atoms with E-state index < -0.39 is 0 Å². The van der Waals surface area contributed by atoms with Gasteiger partial charge in [-0.15, -0.1) is 0 Å². The van der Waals surface area contributed by atoms with Crippen molar-refractivity contribution in [3.8, 4) is 29.0 Å². The maximum Gasteiger partial charge on any atom is 0.220 e. The zero-order chi connectivity index (χ0) is 18.5. The summed E-state index contributed by atoms with van der Waals surface area (Å²) in [5, 5.41) is 8.87. The van der Waals surface area contributed by atoms with Gasteiger partial charge in [0.1, 0.15) is 5.75 Å². The Morgan fingerprint density at radius 3 is 2.56 bits per heavy atom. The SMILES string of the molecule is N#Cc1ccc(Oc2cncn2Cc2ccc(-c3ccccn3)cn2)cc1. The van der Waals surface area contributed by atoms with Gasteiger partial charge in [0, 0.05) is 18.0 Å². The van der Waals surface area contributed by atoms with Crippen LogP contribution in [0.4, 0.5) is 0 Å². The summed E-state index contributed by atoms with van der Waals surface area (Å²) in [6.45, 7) is 0.536. The number of aromatic nitrogens is 4. The predicted octanol–water partition coefficient (Wildman–Crippen LogP) is 4.05. The Morgan fingerprint density at radius 1 is 0.963 bits per heavy atom. The van der Waals surface area contributed by atoms with Gasteiger partial charge >= 0.3 is 0 Å². The molecule has 0 aliphatic carbocycles. The van der Waals surface area contributed by atoms with Crippen LogP contribution in [0.25, 0.3) is 11.3 Å². The molecule has 4 rings (SSSR count). The molecule has 27 heavy (non-hydrogen) atoms. The van der Waals surface area contributed by atoms with Crippen LogP contribution in [0.5, 0.6) is 11.6 Å². The molecule has 6 heteroatoms. The van der Waals surface area contributed by atoms with Gasteiger partial charge in [0.15, 0.2) is 0 Å². The number of ether oxygens (including phenoxy) is 1. The van der Waals surface area contributed by atoms with E-state index in [0.29, 0.717) is 23.7 Å². The lowest BCUT2D eigenvalue weighted by Gasteiger charge is -2.09. The third-order valence-electron chi connectivity index (χ3n) is 4.00. The molecule has 0 spiro atoms. The summed E-state index contributed by atoms with van der Waals surface area (Å²) in [7, 11) is 0. The first-order chi connectivity index (χ1) is 13.3. The van der Waals surface area contributed by atoms with Gasteiger partial charge < -0.3 is 4.74 Å². The van der Waals surface area contributed by atoms with Crippen molar-refractivity contribution in [3.63, 3.8) is 0 Å². The van der Waals surface area contributed by atoms with Gasteiger partial charge in [-0.2, -0.15) is 5.26 Å². The number of hydrogen-bond acceptors (Lipinski definition) is 5. The van der Waals surface area contributed by atoms with E-state index in [1.165, 1.54) is 0 Å². The number of pyridine rings is 2. The third-order valence-corrected chi connectivity index (χ3v) is 4.00. The summed E-state index contributed by atoms with van der Waals surface area (Å²) in [6.07, 6.45) is 6.94. The predicted molar refractivity (Wildman–Crippen MR) is 100 cm³/mol. The van der Waals surface area contributed by atoms with Gasteiger partial charge in [0.25, 0.3) is 0 Å². The van der Waals surface area contributed by atoms with E-state index in [-0.39, 0.29) is 0 Å². The standard InChI is InChI=1S/C21H15N5O/c22-11-16-4-8-19(9-5-16)27-21-13-23-15-26(21)14-18-7-6-17(12-25-18)20-3-1-2-10-24-20/h1-10,12-13,15H,14H2. The molecule has 0 radical (unpaired) electrons. The summed E-state index contributed by atoms with van der Waals surface area (Å²) >= 11 is 0. The first kappa shape index (κ1) is 16.5. The molecule has 0 saturated heterocycles. The number of rotatable bonds is 5. The zero-order valence-electron chi connectivity index (χ0n) is 14.4. The maximum absolute atomic E-state index is 8.87. The Morgan fingerprint density at radius 2 is 1.85 bits per heavy atom. The van der Waals surface area contributed by atoms with E-state index in [1.54, 1.807) is 43.0 Å². The van der Waals surface area contributed by atoms with Crippen molar-refractivity contribution >= 4 is 0 Å². The number of hydrogen-bond donors (Lipinski definition) is 0. The van der Waals surface area contributed by atoms with Crippen molar-refractivity contribution in [1.82, 2.24) is 19.5 Å². The van der Waals surface area contributed by atoms with Crippen LogP contribution in [0.15, 0.2) is 79.5 Å². The van der Waals surface area contributed by atoms with Gasteiger partial charge in [0.2, 0.25) is 5.88 Å².